The third-order valence-corrected chi connectivity index (χ3v) is 4.40. The predicted molar refractivity (Wildman–Crippen MR) is 99.9 cm³/mol. The van der Waals surface area contributed by atoms with Gasteiger partial charge in [0.05, 0.1) is 12.8 Å². The van der Waals surface area contributed by atoms with Crippen LogP contribution in [0.4, 0.5) is 15.0 Å². The van der Waals surface area contributed by atoms with Gasteiger partial charge in [0, 0.05) is 0 Å². The molecule has 1 fully saturated rings. The lowest BCUT2D eigenvalue weighted by molar-refractivity contribution is -0.0397. The van der Waals surface area contributed by atoms with Crippen LogP contribution in [0.15, 0.2) is 22.3 Å². The largest absolute Gasteiger partial charge is 0.510 e. The van der Waals surface area contributed by atoms with Crippen molar-refractivity contribution in [3.8, 4) is 0 Å². The number of rotatable bonds is 7. The van der Waals surface area contributed by atoms with Crippen molar-refractivity contribution in [3.63, 3.8) is 0 Å². The van der Waals surface area contributed by atoms with Crippen LogP contribution < -0.4 is 11.0 Å². The summed E-state index contributed by atoms with van der Waals surface area (Å²) in [5.41, 5.74) is -0.600. The first-order chi connectivity index (χ1) is 13.7. The van der Waals surface area contributed by atoms with Gasteiger partial charge in [-0.1, -0.05) is 19.8 Å². The Hall–Kier alpha value is -2.50. The van der Waals surface area contributed by atoms with E-state index < -0.39 is 48.0 Å². The van der Waals surface area contributed by atoms with Crippen LogP contribution >= 0.6 is 0 Å². The molecule has 4 atom stereocenters. The van der Waals surface area contributed by atoms with Crippen LogP contribution in [0.25, 0.3) is 0 Å². The van der Waals surface area contributed by atoms with Gasteiger partial charge in [-0.05, 0) is 25.8 Å². The first kappa shape index (κ1) is 22.8. The van der Waals surface area contributed by atoms with E-state index >= 15 is 0 Å². The number of ether oxygens (including phenoxy) is 2. The van der Waals surface area contributed by atoms with Gasteiger partial charge in [0.1, 0.15) is 24.1 Å². The lowest BCUT2D eigenvalue weighted by Crippen LogP contribution is -2.36. The Kier molecular flexibility index (Phi) is 7.71. The zero-order valence-electron chi connectivity index (χ0n) is 16.5. The van der Waals surface area contributed by atoms with E-state index in [1.54, 1.807) is 13.8 Å². The Morgan fingerprint density at radius 2 is 2.03 bits per heavy atom. The van der Waals surface area contributed by atoms with Gasteiger partial charge in [-0.2, -0.15) is 4.98 Å². The number of nitrogens with zero attached hydrogens (tertiary/aromatic N) is 2. The lowest BCUT2D eigenvalue weighted by Gasteiger charge is -2.17. The second kappa shape index (κ2) is 9.81. The first-order valence-electron chi connectivity index (χ1n) is 9.27. The number of aromatic nitrogens is 2. The van der Waals surface area contributed by atoms with E-state index in [9.17, 15) is 29.3 Å². The first-order valence-corrected chi connectivity index (χ1v) is 9.27. The van der Waals surface area contributed by atoms with Crippen LogP contribution in [-0.2, 0) is 9.47 Å². The highest BCUT2D eigenvalue weighted by Crippen LogP contribution is 2.32. The molecule has 1 amide bonds. The van der Waals surface area contributed by atoms with E-state index in [0.717, 1.165) is 12.8 Å². The number of carbonyl (C=O) groups excluding carboxylic acids is 1. The van der Waals surface area contributed by atoms with Gasteiger partial charge in [-0.25, -0.2) is 14.0 Å². The van der Waals surface area contributed by atoms with Crippen molar-refractivity contribution in [1.29, 1.82) is 0 Å². The molecule has 0 aliphatic carbocycles. The number of allylic oxidation sites excluding steroid dienone is 1. The third-order valence-electron chi connectivity index (χ3n) is 4.40. The molecule has 0 saturated carbocycles. The summed E-state index contributed by atoms with van der Waals surface area (Å²) in [5, 5.41) is 32.3. The Labute approximate surface area is 166 Å². The fraction of sp³-hybridized carbons (Fsp3) is 0.611. The van der Waals surface area contributed by atoms with E-state index in [2.05, 4.69) is 4.98 Å². The predicted octanol–water partition coefficient (Wildman–Crippen LogP) is 1.59. The summed E-state index contributed by atoms with van der Waals surface area (Å²) in [5.74, 6) is -2.01. The second-order valence-corrected chi connectivity index (χ2v) is 6.91. The summed E-state index contributed by atoms with van der Waals surface area (Å²) < 4.78 is 25.2. The van der Waals surface area contributed by atoms with Crippen LogP contribution in [0.5, 0.6) is 0 Å². The molecule has 11 heteroatoms. The fourth-order valence-corrected chi connectivity index (χ4v) is 2.76. The van der Waals surface area contributed by atoms with E-state index in [4.69, 9.17) is 9.47 Å². The molecular weight excluding hydrogens is 389 g/mol. The zero-order chi connectivity index (χ0) is 21.7. The SMILES string of the molecule is CCCCCOC(=O)Nc1nc(=O)n([C@@H]2O[C@H](C(O)=C(C)C)[C@@H](O)[C@H]2O)cc1F. The Morgan fingerprint density at radius 3 is 2.66 bits per heavy atom. The maximum absolute atomic E-state index is 14.3. The molecule has 4 N–H and O–H groups in total. The fourth-order valence-electron chi connectivity index (χ4n) is 2.76. The van der Waals surface area contributed by atoms with Crippen LogP contribution in [0.2, 0.25) is 0 Å². The van der Waals surface area contributed by atoms with Gasteiger partial charge in [-0.3, -0.25) is 9.88 Å². The molecule has 10 nitrogen and oxygen atoms in total. The van der Waals surface area contributed by atoms with E-state index in [0.29, 0.717) is 22.8 Å². The Balaban J connectivity index is 2.16. The van der Waals surface area contributed by atoms with Crippen LogP contribution in [0, 0.1) is 5.82 Å². The number of aliphatic hydroxyl groups is 3. The van der Waals surface area contributed by atoms with Crippen molar-refractivity contribution in [1.82, 2.24) is 9.55 Å². The molecule has 0 spiro atoms. The molecule has 0 bridgehead atoms. The molecule has 29 heavy (non-hydrogen) atoms. The molecule has 1 aliphatic rings. The average molecular weight is 415 g/mol. The van der Waals surface area contributed by atoms with Crippen molar-refractivity contribution < 1.29 is 34.0 Å². The van der Waals surface area contributed by atoms with E-state index in [1.807, 2.05) is 12.2 Å². The summed E-state index contributed by atoms with van der Waals surface area (Å²) in [4.78, 5) is 27.4. The number of hydrogen-bond acceptors (Lipinski definition) is 8. The molecular formula is C18H26FN3O7. The van der Waals surface area contributed by atoms with Crippen molar-refractivity contribution in [2.24, 2.45) is 0 Å². The molecule has 1 aliphatic heterocycles. The molecule has 1 aromatic heterocycles. The number of amides is 1. The summed E-state index contributed by atoms with van der Waals surface area (Å²) in [7, 11) is 0. The Morgan fingerprint density at radius 1 is 1.34 bits per heavy atom. The molecule has 2 rings (SSSR count). The highest BCUT2D eigenvalue weighted by molar-refractivity contribution is 5.83. The minimum absolute atomic E-state index is 0.146. The number of anilines is 1. The second-order valence-electron chi connectivity index (χ2n) is 6.91. The van der Waals surface area contributed by atoms with Gasteiger partial charge in [0.2, 0.25) is 0 Å². The van der Waals surface area contributed by atoms with E-state index in [1.165, 1.54) is 0 Å². The van der Waals surface area contributed by atoms with Crippen molar-refractivity contribution >= 4 is 11.9 Å². The monoisotopic (exact) mass is 415 g/mol. The van der Waals surface area contributed by atoms with Gasteiger partial charge < -0.3 is 24.8 Å². The van der Waals surface area contributed by atoms with Crippen molar-refractivity contribution in [3.05, 3.63) is 33.8 Å². The van der Waals surface area contributed by atoms with Crippen LogP contribution in [-0.4, -0.2) is 55.9 Å². The molecule has 1 aromatic rings. The quantitative estimate of drug-likeness (QED) is 0.388. The van der Waals surface area contributed by atoms with Crippen molar-refractivity contribution in [2.75, 3.05) is 11.9 Å². The number of hydrogen-bond donors (Lipinski definition) is 4. The van der Waals surface area contributed by atoms with Crippen molar-refractivity contribution in [2.45, 2.75) is 64.6 Å². The standard InChI is InChI=1S/C18H26FN3O7/c1-4-5-6-7-28-18(27)21-15-10(19)8-22(17(26)20-15)16-13(25)12(24)14(29-16)11(23)9(2)3/h8,12-14,16,23-25H,4-7H2,1-3H3,(H,20,21,26,27)/t12-,13+,14+,16+/m0/s1. The summed E-state index contributed by atoms with van der Waals surface area (Å²) in [6.45, 7) is 5.27. The van der Waals surface area contributed by atoms with Crippen LogP contribution in [0.3, 0.4) is 0 Å². The van der Waals surface area contributed by atoms with Gasteiger partial charge in [0.25, 0.3) is 0 Å². The molecule has 0 unspecified atom stereocenters. The normalized spacial score (nSPS) is 23.7. The van der Waals surface area contributed by atoms with Gasteiger partial charge in [0.15, 0.2) is 17.9 Å². The molecule has 2 heterocycles. The lowest BCUT2D eigenvalue weighted by atomic mass is 10.1. The Bertz CT molecular complexity index is 822. The summed E-state index contributed by atoms with van der Waals surface area (Å²) in [6.07, 6.45) is -3.74. The maximum atomic E-state index is 14.3. The maximum Gasteiger partial charge on any atom is 0.412 e. The minimum Gasteiger partial charge on any atom is -0.510 e. The molecule has 1 saturated heterocycles. The zero-order valence-corrected chi connectivity index (χ0v) is 16.5. The highest BCUT2D eigenvalue weighted by Gasteiger charge is 2.46. The number of nitrogens with one attached hydrogen (secondary N) is 1. The third kappa shape index (κ3) is 5.31. The van der Waals surface area contributed by atoms with Gasteiger partial charge >= 0.3 is 11.8 Å². The number of unbranched alkanes of at least 4 members (excludes halogenated alkanes) is 2. The van der Waals surface area contributed by atoms with Gasteiger partial charge in [-0.15, -0.1) is 0 Å². The highest BCUT2D eigenvalue weighted by atomic mass is 19.1. The van der Waals surface area contributed by atoms with E-state index in [-0.39, 0.29) is 12.4 Å². The average Bonchev–Trinajstić information content (AvgIpc) is 2.96. The summed E-state index contributed by atoms with van der Waals surface area (Å²) in [6, 6.07) is 0. The molecule has 162 valence electrons. The van der Waals surface area contributed by atoms with Crippen LogP contribution in [0.1, 0.15) is 46.3 Å². The summed E-state index contributed by atoms with van der Waals surface area (Å²) >= 11 is 0. The topological polar surface area (TPSA) is 143 Å². The number of aliphatic hydroxyl groups excluding tert-OH is 3. The number of halogens is 1. The molecule has 0 aromatic carbocycles. The smallest absolute Gasteiger partial charge is 0.412 e. The minimum atomic E-state index is -1.62. The molecule has 0 radical (unpaired) electrons. The number of carbonyl (C=O) groups is 1.